The average molecular weight is 298 g/mol. The van der Waals surface area contributed by atoms with E-state index in [1.807, 2.05) is 18.2 Å². The van der Waals surface area contributed by atoms with Crippen molar-refractivity contribution in [3.8, 4) is 0 Å². The Hall–Kier alpha value is -2.56. The van der Waals surface area contributed by atoms with Crippen LogP contribution in [-0.2, 0) is 17.8 Å². The molecule has 5 heteroatoms. The molecule has 0 fully saturated rings. The number of carbonyl (C=O) groups excluding carboxylic acids is 1. The number of aromatic nitrogens is 1. The number of nitrogens with zero attached hydrogens (tertiary/aromatic N) is 2. The van der Waals surface area contributed by atoms with Crippen molar-refractivity contribution in [1.29, 1.82) is 0 Å². The van der Waals surface area contributed by atoms with Gasteiger partial charge in [-0.15, -0.1) is 0 Å². The van der Waals surface area contributed by atoms with Crippen LogP contribution in [0.3, 0.4) is 0 Å². The molecule has 2 aromatic rings. The van der Waals surface area contributed by atoms with E-state index in [2.05, 4.69) is 6.07 Å². The van der Waals surface area contributed by atoms with Crippen molar-refractivity contribution >= 4 is 17.6 Å². The number of aryl methyl sites for hydroxylation is 1. The van der Waals surface area contributed by atoms with Crippen LogP contribution in [0, 0.1) is 6.92 Å². The molecule has 3 rings (SSSR count). The highest BCUT2D eigenvalue weighted by molar-refractivity contribution is 5.95. The monoisotopic (exact) mass is 298 g/mol. The predicted molar refractivity (Wildman–Crippen MR) is 83.2 cm³/mol. The second-order valence-corrected chi connectivity index (χ2v) is 5.53. The fourth-order valence-electron chi connectivity index (χ4n) is 2.97. The summed E-state index contributed by atoms with van der Waals surface area (Å²) in [6.07, 6.45) is 3.60. The Balaban J connectivity index is 1.83. The largest absolute Gasteiger partial charge is 0.478 e. The summed E-state index contributed by atoms with van der Waals surface area (Å²) in [5.41, 5.74) is 3.01. The summed E-state index contributed by atoms with van der Waals surface area (Å²) in [7, 11) is 0. The average Bonchev–Trinajstić information content (AvgIpc) is 2.88. The number of carboxylic acid groups (broad SMARTS) is 1. The van der Waals surface area contributed by atoms with E-state index in [1.165, 1.54) is 11.6 Å². The molecule has 1 aromatic carbocycles. The van der Waals surface area contributed by atoms with E-state index in [1.54, 1.807) is 22.6 Å². The van der Waals surface area contributed by atoms with Crippen LogP contribution in [-0.4, -0.2) is 28.1 Å². The Morgan fingerprint density at radius 1 is 1.23 bits per heavy atom. The Kier molecular flexibility index (Phi) is 3.71. The number of anilines is 1. The Bertz CT molecular complexity index is 733. The number of carboxylic acids is 1. The molecule has 0 aliphatic carbocycles. The van der Waals surface area contributed by atoms with Crippen molar-refractivity contribution < 1.29 is 14.7 Å². The number of rotatable bonds is 3. The number of hydrogen-bond acceptors (Lipinski definition) is 2. The van der Waals surface area contributed by atoms with Gasteiger partial charge in [0, 0.05) is 24.1 Å². The van der Waals surface area contributed by atoms with E-state index in [4.69, 9.17) is 5.11 Å². The lowest BCUT2D eigenvalue weighted by molar-refractivity contribution is -0.119. The molecule has 0 saturated carbocycles. The molecule has 0 atom stereocenters. The lowest BCUT2D eigenvalue weighted by Crippen LogP contribution is -2.37. The van der Waals surface area contributed by atoms with Gasteiger partial charge in [-0.25, -0.2) is 4.79 Å². The summed E-state index contributed by atoms with van der Waals surface area (Å²) in [6.45, 7) is 2.59. The summed E-state index contributed by atoms with van der Waals surface area (Å²) in [4.78, 5) is 25.5. The second kappa shape index (κ2) is 5.67. The first-order valence-electron chi connectivity index (χ1n) is 7.35. The van der Waals surface area contributed by atoms with E-state index in [0.29, 0.717) is 12.2 Å². The predicted octanol–water partition coefficient (Wildman–Crippen LogP) is 2.47. The molecule has 0 spiro atoms. The molecule has 0 bridgehead atoms. The summed E-state index contributed by atoms with van der Waals surface area (Å²) in [5, 5.41) is 9.08. The van der Waals surface area contributed by atoms with Gasteiger partial charge in [-0.1, -0.05) is 18.2 Å². The minimum Gasteiger partial charge on any atom is -0.478 e. The highest BCUT2D eigenvalue weighted by atomic mass is 16.4. The molecule has 1 amide bonds. The van der Waals surface area contributed by atoms with Crippen LogP contribution < -0.4 is 4.90 Å². The van der Waals surface area contributed by atoms with E-state index in [0.717, 1.165) is 18.5 Å². The van der Waals surface area contributed by atoms with Gasteiger partial charge < -0.3 is 14.6 Å². The highest BCUT2D eigenvalue weighted by Crippen LogP contribution is 2.27. The zero-order chi connectivity index (χ0) is 15.7. The fourth-order valence-corrected chi connectivity index (χ4v) is 2.97. The maximum Gasteiger partial charge on any atom is 0.337 e. The Morgan fingerprint density at radius 3 is 2.73 bits per heavy atom. The smallest absolute Gasteiger partial charge is 0.337 e. The van der Waals surface area contributed by atoms with Crippen molar-refractivity contribution in [3.63, 3.8) is 0 Å². The zero-order valence-corrected chi connectivity index (χ0v) is 12.5. The van der Waals surface area contributed by atoms with Crippen molar-refractivity contribution in [2.75, 3.05) is 11.4 Å². The molecule has 2 heterocycles. The third kappa shape index (κ3) is 2.50. The van der Waals surface area contributed by atoms with Gasteiger partial charge in [0.1, 0.15) is 6.54 Å². The van der Waals surface area contributed by atoms with E-state index in [9.17, 15) is 9.59 Å². The van der Waals surface area contributed by atoms with Crippen molar-refractivity contribution in [2.24, 2.45) is 0 Å². The van der Waals surface area contributed by atoms with Crippen molar-refractivity contribution in [1.82, 2.24) is 4.57 Å². The van der Waals surface area contributed by atoms with E-state index in [-0.39, 0.29) is 18.0 Å². The summed E-state index contributed by atoms with van der Waals surface area (Å²) in [6, 6.07) is 9.49. The van der Waals surface area contributed by atoms with Gasteiger partial charge in [-0.3, -0.25) is 4.79 Å². The Morgan fingerprint density at radius 2 is 2.00 bits per heavy atom. The number of carbonyl (C=O) groups is 2. The minimum atomic E-state index is -0.966. The van der Waals surface area contributed by atoms with E-state index < -0.39 is 5.97 Å². The van der Waals surface area contributed by atoms with Gasteiger partial charge in [0.2, 0.25) is 5.91 Å². The number of amides is 1. The van der Waals surface area contributed by atoms with Gasteiger partial charge in [0.05, 0.1) is 5.56 Å². The normalized spacial score (nSPS) is 13.8. The molecular formula is C17H18N2O3. The van der Waals surface area contributed by atoms with Crippen molar-refractivity contribution in [3.05, 3.63) is 53.3 Å². The topological polar surface area (TPSA) is 62.5 Å². The maximum absolute atomic E-state index is 12.6. The van der Waals surface area contributed by atoms with Gasteiger partial charge >= 0.3 is 5.97 Å². The van der Waals surface area contributed by atoms with Crippen LogP contribution >= 0.6 is 0 Å². The first-order chi connectivity index (χ1) is 10.6. The Labute approximate surface area is 128 Å². The first-order valence-corrected chi connectivity index (χ1v) is 7.35. The fraction of sp³-hybridized carbons (Fsp3) is 0.294. The summed E-state index contributed by atoms with van der Waals surface area (Å²) in [5.74, 6) is -0.977. The zero-order valence-electron chi connectivity index (χ0n) is 12.5. The van der Waals surface area contributed by atoms with Gasteiger partial charge in [-0.2, -0.15) is 0 Å². The standard InChI is InChI=1S/C17H18N2O3/c1-12-14(17(21)22)8-10-18(12)11-16(20)19-9-4-6-13-5-2-3-7-15(13)19/h2-3,5,7-8,10H,4,6,9,11H2,1H3,(H,21,22). The maximum atomic E-state index is 12.6. The number of fused-ring (bicyclic) bond motifs is 1. The summed E-state index contributed by atoms with van der Waals surface area (Å²) >= 11 is 0. The SMILES string of the molecule is Cc1c(C(=O)O)ccn1CC(=O)N1CCCc2ccccc21. The van der Waals surface area contributed by atoms with Crippen molar-refractivity contribution in [2.45, 2.75) is 26.3 Å². The molecule has 1 N–H and O–H groups in total. The van der Waals surface area contributed by atoms with Crippen LogP contribution in [0.15, 0.2) is 36.5 Å². The number of hydrogen-bond donors (Lipinski definition) is 1. The molecule has 0 unspecified atom stereocenters. The third-order valence-corrected chi connectivity index (χ3v) is 4.19. The quantitative estimate of drug-likeness (QED) is 0.947. The number of benzene rings is 1. The molecular weight excluding hydrogens is 280 g/mol. The molecule has 0 saturated heterocycles. The van der Waals surface area contributed by atoms with Gasteiger partial charge in [-0.05, 0) is 37.5 Å². The second-order valence-electron chi connectivity index (χ2n) is 5.53. The third-order valence-electron chi connectivity index (χ3n) is 4.19. The van der Waals surface area contributed by atoms with Crippen LogP contribution in [0.4, 0.5) is 5.69 Å². The lowest BCUT2D eigenvalue weighted by atomic mass is 10.0. The lowest BCUT2D eigenvalue weighted by Gasteiger charge is -2.29. The summed E-state index contributed by atoms with van der Waals surface area (Å²) < 4.78 is 1.70. The molecule has 0 radical (unpaired) electrons. The van der Waals surface area contributed by atoms with Crippen LogP contribution in [0.1, 0.15) is 28.0 Å². The van der Waals surface area contributed by atoms with Crippen LogP contribution in [0.25, 0.3) is 0 Å². The first kappa shape index (κ1) is 14.4. The molecule has 1 aliphatic rings. The number of aromatic carboxylic acids is 1. The highest BCUT2D eigenvalue weighted by Gasteiger charge is 2.23. The van der Waals surface area contributed by atoms with Crippen LogP contribution in [0.2, 0.25) is 0 Å². The molecule has 22 heavy (non-hydrogen) atoms. The molecule has 5 nitrogen and oxygen atoms in total. The minimum absolute atomic E-state index is 0.0113. The van der Waals surface area contributed by atoms with Gasteiger partial charge in [0.15, 0.2) is 0 Å². The number of para-hydroxylation sites is 1. The molecule has 1 aromatic heterocycles. The molecule has 1 aliphatic heterocycles. The van der Waals surface area contributed by atoms with Gasteiger partial charge in [0.25, 0.3) is 0 Å². The van der Waals surface area contributed by atoms with E-state index >= 15 is 0 Å². The van der Waals surface area contributed by atoms with Crippen LogP contribution in [0.5, 0.6) is 0 Å². The molecule has 114 valence electrons.